The third kappa shape index (κ3) is 2.24. The minimum absolute atomic E-state index is 0.0641. The molecule has 1 nitrogen and oxygen atoms in total. The molecule has 76 valence electrons. The van der Waals surface area contributed by atoms with Crippen LogP contribution in [-0.4, -0.2) is 5.78 Å². The quantitative estimate of drug-likeness (QED) is 0.732. The maximum atomic E-state index is 11.8. The molecule has 1 aromatic rings. The van der Waals surface area contributed by atoms with Crippen LogP contribution in [0.4, 0.5) is 0 Å². The van der Waals surface area contributed by atoms with Crippen molar-refractivity contribution in [3.63, 3.8) is 0 Å². The van der Waals surface area contributed by atoms with Crippen LogP contribution >= 0.6 is 15.9 Å². The summed E-state index contributed by atoms with van der Waals surface area (Å²) in [6.45, 7) is 7.83. The number of rotatable bonds is 2. The largest absolute Gasteiger partial charge is 0.294 e. The molecule has 0 saturated heterocycles. The second-order valence-corrected chi connectivity index (χ2v) is 4.79. The normalized spacial score (nSPS) is 10.7. The van der Waals surface area contributed by atoms with E-state index in [0.29, 0.717) is 0 Å². The molecule has 0 aliphatic heterocycles. The number of carbonyl (C=O) groups is 1. The zero-order chi connectivity index (χ0) is 10.9. The van der Waals surface area contributed by atoms with E-state index >= 15 is 0 Å². The van der Waals surface area contributed by atoms with E-state index in [9.17, 15) is 4.79 Å². The maximum absolute atomic E-state index is 11.8. The van der Waals surface area contributed by atoms with Crippen LogP contribution in [0.1, 0.15) is 35.3 Å². The summed E-state index contributed by atoms with van der Waals surface area (Å²) in [6, 6.07) is 3.96. The van der Waals surface area contributed by atoms with Crippen LogP contribution in [0.3, 0.4) is 0 Å². The topological polar surface area (TPSA) is 17.1 Å². The zero-order valence-corrected chi connectivity index (χ0v) is 10.6. The molecular weight excluding hydrogens is 240 g/mol. The van der Waals surface area contributed by atoms with E-state index in [2.05, 4.69) is 15.9 Å². The third-order valence-corrected chi connectivity index (χ3v) is 3.15. The van der Waals surface area contributed by atoms with E-state index in [1.165, 1.54) is 0 Å². The Kier molecular flexibility index (Phi) is 3.48. The highest BCUT2D eigenvalue weighted by atomic mass is 79.9. The Balaban J connectivity index is 3.22. The lowest BCUT2D eigenvalue weighted by atomic mass is 9.96. The Labute approximate surface area is 93.7 Å². The van der Waals surface area contributed by atoms with Gasteiger partial charge in [-0.15, -0.1) is 0 Å². The predicted molar refractivity (Wildman–Crippen MR) is 62.8 cm³/mol. The predicted octanol–water partition coefficient (Wildman–Crippen LogP) is 3.90. The monoisotopic (exact) mass is 254 g/mol. The molecule has 0 saturated carbocycles. The van der Waals surface area contributed by atoms with Crippen LogP contribution in [0.25, 0.3) is 0 Å². The highest BCUT2D eigenvalue weighted by molar-refractivity contribution is 9.10. The van der Waals surface area contributed by atoms with Crippen molar-refractivity contribution in [1.29, 1.82) is 0 Å². The lowest BCUT2D eigenvalue weighted by molar-refractivity contribution is 0.0938. The van der Waals surface area contributed by atoms with Gasteiger partial charge in [-0.2, -0.15) is 0 Å². The Bertz CT molecular complexity index is 367. The maximum Gasteiger partial charge on any atom is 0.165 e. The van der Waals surface area contributed by atoms with E-state index in [4.69, 9.17) is 0 Å². The summed E-state index contributed by atoms with van der Waals surface area (Å²) in [5.74, 6) is 0.285. The molecule has 0 N–H and O–H groups in total. The molecule has 0 aliphatic rings. The number of benzene rings is 1. The van der Waals surface area contributed by atoms with E-state index in [0.717, 1.165) is 21.2 Å². The van der Waals surface area contributed by atoms with Gasteiger partial charge >= 0.3 is 0 Å². The molecule has 0 atom stereocenters. The molecule has 0 heterocycles. The molecule has 0 amide bonds. The van der Waals surface area contributed by atoms with Gasteiger partial charge < -0.3 is 0 Å². The van der Waals surface area contributed by atoms with Gasteiger partial charge in [0, 0.05) is 16.0 Å². The standard InChI is InChI=1S/C12H15BrO/c1-7(2)12(14)10-5-9(4)11(13)6-8(10)3/h5-7H,1-4H3. The second-order valence-electron chi connectivity index (χ2n) is 3.94. The SMILES string of the molecule is Cc1cc(C(=O)C(C)C)c(C)cc1Br. The summed E-state index contributed by atoms with van der Waals surface area (Å²) in [4.78, 5) is 11.8. The van der Waals surface area contributed by atoms with Gasteiger partial charge in [-0.05, 0) is 37.1 Å². The van der Waals surface area contributed by atoms with E-state index in [-0.39, 0.29) is 11.7 Å². The summed E-state index contributed by atoms with van der Waals surface area (Å²) < 4.78 is 1.07. The van der Waals surface area contributed by atoms with E-state index < -0.39 is 0 Å². The van der Waals surface area contributed by atoms with Crippen LogP contribution < -0.4 is 0 Å². The van der Waals surface area contributed by atoms with Gasteiger partial charge in [0.25, 0.3) is 0 Å². The van der Waals surface area contributed by atoms with Crippen LogP contribution in [0.5, 0.6) is 0 Å². The van der Waals surface area contributed by atoms with Crippen LogP contribution in [0.15, 0.2) is 16.6 Å². The van der Waals surface area contributed by atoms with E-state index in [1.807, 2.05) is 39.8 Å². The lowest BCUT2D eigenvalue weighted by Gasteiger charge is -2.09. The van der Waals surface area contributed by atoms with Gasteiger partial charge in [0.1, 0.15) is 0 Å². The van der Waals surface area contributed by atoms with Gasteiger partial charge in [0.15, 0.2) is 5.78 Å². The van der Waals surface area contributed by atoms with Gasteiger partial charge in [-0.25, -0.2) is 0 Å². The smallest absolute Gasteiger partial charge is 0.165 e. The summed E-state index contributed by atoms with van der Waals surface area (Å²) in [7, 11) is 0. The number of hydrogen-bond acceptors (Lipinski definition) is 1. The Morgan fingerprint density at radius 2 is 1.79 bits per heavy atom. The van der Waals surface area contributed by atoms with Gasteiger partial charge in [0.05, 0.1) is 0 Å². The number of hydrogen-bond donors (Lipinski definition) is 0. The van der Waals surface area contributed by atoms with Crippen LogP contribution in [-0.2, 0) is 0 Å². The van der Waals surface area contributed by atoms with Crippen LogP contribution in [0.2, 0.25) is 0 Å². The summed E-state index contributed by atoms with van der Waals surface area (Å²) in [6.07, 6.45) is 0. The van der Waals surface area contributed by atoms with Crippen molar-refractivity contribution in [3.05, 3.63) is 33.3 Å². The van der Waals surface area contributed by atoms with Gasteiger partial charge in [0.2, 0.25) is 0 Å². The Morgan fingerprint density at radius 3 is 2.29 bits per heavy atom. The average Bonchev–Trinajstić information content (AvgIpc) is 2.10. The molecule has 0 radical (unpaired) electrons. The van der Waals surface area contributed by atoms with Crippen LogP contribution in [0, 0.1) is 19.8 Å². The van der Waals surface area contributed by atoms with Crippen molar-refractivity contribution >= 4 is 21.7 Å². The Morgan fingerprint density at radius 1 is 1.21 bits per heavy atom. The Hall–Kier alpha value is -0.630. The first-order chi connectivity index (χ1) is 6.43. The summed E-state index contributed by atoms with van der Waals surface area (Å²) in [5.41, 5.74) is 3.00. The molecule has 0 fully saturated rings. The van der Waals surface area contributed by atoms with Crippen molar-refractivity contribution in [1.82, 2.24) is 0 Å². The number of halogens is 1. The summed E-state index contributed by atoms with van der Waals surface area (Å²) >= 11 is 3.46. The molecule has 0 spiro atoms. The van der Waals surface area contributed by atoms with Crippen molar-refractivity contribution in [3.8, 4) is 0 Å². The molecule has 1 aromatic carbocycles. The lowest BCUT2D eigenvalue weighted by Crippen LogP contribution is -2.09. The van der Waals surface area contributed by atoms with Crippen molar-refractivity contribution in [2.45, 2.75) is 27.7 Å². The first kappa shape index (κ1) is 11.4. The molecule has 0 unspecified atom stereocenters. The minimum atomic E-state index is 0.0641. The fourth-order valence-electron chi connectivity index (χ4n) is 1.36. The second kappa shape index (κ2) is 4.26. The average molecular weight is 255 g/mol. The fraction of sp³-hybridized carbons (Fsp3) is 0.417. The van der Waals surface area contributed by atoms with Crippen molar-refractivity contribution in [2.75, 3.05) is 0 Å². The first-order valence-electron chi connectivity index (χ1n) is 4.74. The minimum Gasteiger partial charge on any atom is -0.294 e. The molecule has 1 rings (SSSR count). The van der Waals surface area contributed by atoms with Crippen molar-refractivity contribution in [2.24, 2.45) is 5.92 Å². The first-order valence-corrected chi connectivity index (χ1v) is 5.53. The summed E-state index contributed by atoms with van der Waals surface area (Å²) in [5, 5.41) is 0. The molecule has 14 heavy (non-hydrogen) atoms. The number of ketones is 1. The third-order valence-electron chi connectivity index (χ3n) is 2.30. The molecule has 0 bridgehead atoms. The number of carbonyl (C=O) groups excluding carboxylic acids is 1. The number of aryl methyl sites for hydroxylation is 2. The number of Topliss-reactive ketones (excluding diaryl/α,β-unsaturated/α-hetero) is 1. The molecule has 2 heteroatoms. The highest BCUT2D eigenvalue weighted by Crippen LogP contribution is 2.22. The van der Waals surface area contributed by atoms with Gasteiger partial charge in [-0.3, -0.25) is 4.79 Å². The highest BCUT2D eigenvalue weighted by Gasteiger charge is 2.13. The molecular formula is C12H15BrO. The zero-order valence-electron chi connectivity index (χ0n) is 9.02. The van der Waals surface area contributed by atoms with E-state index in [1.54, 1.807) is 0 Å². The van der Waals surface area contributed by atoms with Gasteiger partial charge in [-0.1, -0.05) is 29.8 Å². The fourth-order valence-corrected chi connectivity index (χ4v) is 1.82. The van der Waals surface area contributed by atoms with Crippen molar-refractivity contribution < 1.29 is 4.79 Å². The molecule has 0 aromatic heterocycles. The molecule has 0 aliphatic carbocycles.